The number of ketones is 1. The van der Waals surface area contributed by atoms with Gasteiger partial charge in [-0.05, 0) is 47.4 Å². The molecule has 2 aromatic rings. The summed E-state index contributed by atoms with van der Waals surface area (Å²) in [5, 5.41) is 0. The minimum atomic E-state index is -0.447. The average molecular weight is 322 g/mol. The first-order valence-corrected chi connectivity index (χ1v) is 8.12. The molecule has 0 spiro atoms. The molecule has 0 N–H and O–H groups in total. The molecule has 0 aliphatic heterocycles. The maximum atomic E-state index is 11.9. The van der Waals surface area contributed by atoms with Crippen LogP contribution in [-0.2, 0) is 4.79 Å². The molecule has 0 amide bonds. The third-order valence-corrected chi connectivity index (χ3v) is 3.73. The lowest BCUT2D eigenvalue weighted by atomic mass is 10.0. The van der Waals surface area contributed by atoms with Crippen LogP contribution in [0, 0.1) is 0 Å². The third-order valence-electron chi connectivity index (χ3n) is 3.73. The summed E-state index contributed by atoms with van der Waals surface area (Å²) in [7, 11) is 0. The summed E-state index contributed by atoms with van der Waals surface area (Å²) in [6.07, 6.45) is 3.58. The Hall–Kier alpha value is -2.68. The summed E-state index contributed by atoms with van der Waals surface area (Å²) >= 11 is 0. The van der Waals surface area contributed by atoms with Crippen LogP contribution in [-0.4, -0.2) is 11.8 Å². The van der Waals surface area contributed by atoms with Crippen molar-refractivity contribution < 1.29 is 14.3 Å². The third kappa shape index (κ3) is 4.92. The molecule has 0 radical (unpaired) electrons. The van der Waals surface area contributed by atoms with Crippen LogP contribution in [0.1, 0.15) is 54.6 Å². The van der Waals surface area contributed by atoms with Crippen LogP contribution in [0.3, 0.4) is 0 Å². The monoisotopic (exact) mass is 322 g/mol. The van der Waals surface area contributed by atoms with Crippen molar-refractivity contribution in [2.75, 3.05) is 0 Å². The fraction of sp³-hybridized carbons (Fsp3) is 0.238. The highest BCUT2D eigenvalue weighted by Gasteiger charge is 2.05. The van der Waals surface area contributed by atoms with E-state index in [1.807, 2.05) is 19.1 Å². The first kappa shape index (κ1) is 17.7. The van der Waals surface area contributed by atoms with Gasteiger partial charge in [-0.3, -0.25) is 4.79 Å². The number of benzene rings is 2. The van der Waals surface area contributed by atoms with Gasteiger partial charge in [0.25, 0.3) is 0 Å². The number of Topliss-reactive ketones (excluding diaryl/α,β-unsaturated/α-hetero) is 1. The number of rotatable bonds is 6. The van der Waals surface area contributed by atoms with Crippen molar-refractivity contribution in [3.63, 3.8) is 0 Å². The van der Waals surface area contributed by atoms with E-state index in [2.05, 4.69) is 26.0 Å². The van der Waals surface area contributed by atoms with Gasteiger partial charge in [0.15, 0.2) is 5.78 Å². The van der Waals surface area contributed by atoms with E-state index in [-0.39, 0.29) is 5.78 Å². The minimum Gasteiger partial charge on any atom is -0.423 e. The van der Waals surface area contributed by atoms with Crippen LogP contribution in [0.2, 0.25) is 0 Å². The summed E-state index contributed by atoms with van der Waals surface area (Å²) in [4.78, 5) is 23.4. The summed E-state index contributed by atoms with van der Waals surface area (Å²) < 4.78 is 5.23. The van der Waals surface area contributed by atoms with Gasteiger partial charge in [0.1, 0.15) is 5.75 Å². The van der Waals surface area contributed by atoms with Crippen molar-refractivity contribution in [1.29, 1.82) is 0 Å². The number of carbonyl (C=O) groups is 2. The molecule has 0 fully saturated rings. The molecule has 0 saturated carbocycles. The van der Waals surface area contributed by atoms with Gasteiger partial charge in [-0.1, -0.05) is 45.0 Å². The van der Waals surface area contributed by atoms with E-state index in [0.717, 1.165) is 5.56 Å². The zero-order valence-corrected chi connectivity index (χ0v) is 14.3. The topological polar surface area (TPSA) is 43.4 Å². The van der Waals surface area contributed by atoms with Crippen LogP contribution < -0.4 is 4.74 Å². The maximum absolute atomic E-state index is 11.9. The first-order valence-electron chi connectivity index (χ1n) is 8.12. The normalized spacial score (nSPS) is 11.0. The molecule has 0 aliphatic rings. The zero-order valence-electron chi connectivity index (χ0n) is 14.3. The van der Waals surface area contributed by atoms with Crippen molar-refractivity contribution in [2.45, 2.75) is 33.1 Å². The molecule has 0 atom stereocenters. The Balaban J connectivity index is 1.96. The van der Waals surface area contributed by atoms with Gasteiger partial charge in [-0.2, -0.15) is 0 Å². The number of hydrogen-bond donors (Lipinski definition) is 0. The Bertz CT molecular complexity index is 723. The Morgan fingerprint density at radius 3 is 2.17 bits per heavy atom. The molecule has 0 aromatic heterocycles. The quantitative estimate of drug-likeness (QED) is 0.324. The van der Waals surface area contributed by atoms with E-state index >= 15 is 0 Å². The Kier molecular flexibility index (Phi) is 6.07. The number of carbonyl (C=O) groups excluding carboxylic acids is 2. The van der Waals surface area contributed by atoms with E-state index in [4.69, 9.17) is 4.74 Å². The molecule has 3 heteroatoms. The molecule has 3 nitrogen and oxygen atoms in total. The molecule has 2 aromatic carbocycles. The van der Waals surface area contributed by atoms with Crippen LogP contribution in [0.4, 0.5) is 0 Å². The second-order valence-electron chi connectivity index (χ2n) is 5.88. The predicted octanol–water partition coefficient (Wildman–Crippen LogP) is 5.02. The van der Waals surface area contributed by atoms with Crippen LogP contribution in [0.25, 0.3) is 6.08 Å². The van der Waals surface area contributed by atoms with Gasteiger partial charge in [-0.15, -0.1) is 0 Å². The average Bonchev–Trinajstić information content (AvgIpc) is 2.60. The van der Waals surface area contributed by atoms with Crippen molar-refractivity contribution in [1.82, 2.24) is 0 Å². The molecular formula is C21H22O3. The fourth-order valence-electron chi connectivity index (χ4n) is 2.22. The Morgan fingerprint density at radius 2 is 1.62 bits per heavy atom. The maximum Gasteiger partial charge on any atom is 0.336 e. The second kappa shape index (κ2) is 8.25. The lowest BCUT2D eigenvalue weighted by Crippen LogP contribution is -2.04. The molecule has 0 heterocycles. The summed E-state index contributed by atoms with van der Waals surface area (Å²) in [5.74, 6) is 0.526. The highest BCUT2D eigenvalue weighted by Crippen LogP contribution is 2.16. The predicted molar refractivity (Wildman–Crippen MR) is 96.3 cm³/mol. The van der Waals surface area contributed by atoms with E-state index in [1.165, 1.54) is 11.6 Å². The van der Waals surface area contributed by atoms with Crippen molar-refractivity contribution in [3.05, 3.63) is 71.3 Å². The van der Waals surface area contributed by atoms with E-state index < -0.39 is 5.97 Å². The van der Waals surface area contributed by atoms with Crippen LogP contribution in [0.15, 0.2) is 54.6 Å². The largest absolute Gasteiger partial charge is 0.423 e. The first-order chi connectivity index (χ1) is 11.5. The van der Waals surface area contributed by atoms with Gasteiger partial charge in [0, 0.05) is 18.1 Å². The van der Waals surface area contributed by atoms with Gasteiger partial charge < -0.3 is 4.74 Å². The minimum absolute atomic E-state index is 0.0672. The highest BCUT2D eigenvalue weighted by molar-refractivity contribution is 5.96. The summed E-state index contributed by atoms with van der Waals surface area (Å²) in [6, 6.07) is 14.7. The Morgan fingerprint density at radius 1 is 1.00 bits per heavy atom. The molecule has 0 saturated heterocycles. The standard InChI is InChI=1S/C21H22O3/c1-4-20(22)18-10-12-19(13-11-18)24-21(23)14-7-16-5-8-17(9-6-16)15(2)3/h5-15H,4H2,1-3H3/b14-7+. The molecule has 124 valence electrons. The van der Waals surface area contributed by atoms with Gasteiger partial charge >= 0.3 is 5.97 Å². The number of hydrogen-bond acceptors (Lipinski definition) is 3. The van der Waals surface area contributed by atoms with E-state index in [1.54, 1.807) is 30.3 Å². The van der Waals surface area contributed by atoms with Crippen molar-refractivity contribution in [2.24, 2.45) is 0 Å². The molecule has 24 heavy (non-hydrogen) atoms. The SMILES string of the molecule is CCC(=O)c1ccc(OC(=O)/C=C/c2ccc(C(C)C)cc2)cc1. The van der Waals surface area contributed by atoms with Gasteiger partial charge in [0.05, 0.1) is 0 Å². The summed E-state index contributed by atoms with van der Waals surface area (Å²) in [6.45, 7) is 6.10. The zero-order chi connectivity index (χ0) is 17.5. The van der Waals surface area contributed by atoms with Crippen molar-refractivity contribution in [3.8, 4) is 5.75 Å². The lowest BCUT2D eigenvalue weighted by Gasteiger charge is -2.05. The van der Waals surface area contributed by atoms with E-state index in [9.17, 15) is 9.59 Å². The fourth-order valence-corrected chi connectivity index (χ4v) is 2.22. The van der Waals surface area contributed by atoms with Gasteiger partial charge in [0.2, 0.25) is 0 Å². The van der Waals surface area contributed by atoms with Crippen LogP contribution in [0.5, 0.6) is 5.75 Å². The molecule has 0 bridgehead atoms. The smallest absolute Gasteiger partial charge is 0.336 e. The second-order valence-corrected chi connectivity index (χ2v) is 5.88. The highest BCUT2D eigenvalue weighted by atomic mass is 16.5. The molecule has 0 unspecified atom stereocenters. The molecular weight excluding hydrogens is 300 g/mol. The van der Waals surface area contributed by atoms with E-state index in [0.29, 0.717) is 23.7 Å². The van der Waals surface area contributed by atoms with Crippen molar-refractivity contribution >= 4 is 17.8 Å². The van der Waals surface area contributed by atoms with Gasteiger partial charge in [-0.25, -0.2) is 4.79 Å². The lowest BCUT2D eigenvalue weighted by molar-refractivity contribution is -0.128. The number of ether oxygens (including phenoxy) is 1. The van der Waals surface area contributed by atoms with Crippen LogP contribution >= 0.6 is 0 Å². The molecule has 0 aliphatic carbocycles. The molecule has 2 rings (SSSR count). The summed E-state index contributed by atoms with van der Waals surface area (Å²) in [5.41, 5.74) is 2.83. The number of esters is 1. The Labute approximate surface area is 143 Å².